The predicted molar refractivity (Wildman–Crippen MR) is 87.0 cm³/mol. The van der Waals surface area contributed by atoms with Gasteiger partial charge in [-0.15, -0.1) is 22.0 Å². The Morgan fingerprint density at radius 1 is 1.33 bits per heavy atom. The van der Waals surface area contributed by atoms with E-state index in [0.29, 0.717) is 10.9 Å². The number of hydrogen-bond acceptors (Lipinski definition) is 5. The van der Waals surface area contributed by atoms with E-state index < -0.39 is 0 Å². The van der Waals surface area contributed by atoms with Gasteiger partial charge in [0.1, 0.15) is 5.01 Å². The number of H-pyrrole nitrogens is 1. The van der Waals surface area contributed by atoms with Gasteiger partial charge in [-0.1, -0.05) is 29.5 Å². The Labute approximate surface area is 130 Å². The Balaban J connectivity index is 1.69. The lowest BCUT2D eigenvalue weighted by atomic mass is 10.2. The molecule has 0 unspecified atom stereocenters. The van der Waals surface area contributed by atoms with E-state index in [1.165, 1.54) is 23.1 Å². The Bertz CT molecular complexity index is 793. The molecule has 0 bridgehead atoms. The maximum atomic E-state index is 12.0. The van der Waals surface area contributed by atoms with E-state index in [1.807, 2.05) is 32.0 Å². The molecule has 7 heteroatoms. The van der Waals surface area contributed by atoms with Gasteiger partial charge in [0, 0.05) is 21.5 Å². The van der Waals surface area contributed by atoms with Crippen LogP contribution in [0.1, 0.15) is 10.7 Å². The number of anilines is 1. The van der Waals surface area contributed by atoms with Gasteiger partial charge in [0.15, 0.2) is 0 Å². The summed E-state index contributed by atoms with van der Waals surface area (Å²) in [5.74, 6) is 0.280. The third-order valence-electron chi connectivity index (χ3n) is 2.95. The van der Waals surface area contributed by atoms with Gasteiger partial charge in [0.05, 0.1) is 5.75 Å². The SMILES string of the molecule is Cc1nnc(NC(=O)CSc2c(C)[nH]c3ccccc23)s1. The molecule has 3 aromatic rings. The Kier molecular flexibility index (Phi) is 3.94. The number of amides is 1. The quantitative estimate of drug-likeness (QED) is 0.724. The highest BCUT2D eigenvalue weighted by atomic mass is 32.2. The summed E-state index contributed by atoms with van der Waals surface area (Å²) in [6.07, 6.45) is 0. The molecule has 2 heterocycles. The number of thioether (sulfide) groups is 1. The van der Waals surface area contributed by atoms with Crippen molar-refractivity contribution in [2.24, 2.45) is 0 Å². The molecular formula is C14H14N4OS2. The van der Waals surface area contributed by atoms with Gasteiger partial charge in [-0.2, -0.15) is 0 Å². The highest BCUT2D eigenvalue weighted by molar-refractivity contribution is 8.00. The second-order valence-electron chi connectivity index (χ2n) is 4.59. The van der Waals surface area contributed by atoms with Crippen LogP contribution in [-0.4, -0.2) is 26.8 Å². The molecule has 5 nitrogen and oxygen atoms in total. The molecule has 0 fully saturated rings. The van der Waals surface area contributed by atoms with Gasteiger partial charge in [0.25, 0.3) is 0 Å². The van der Waals surface area contributed by atoms with Gasteiger partial charge in [-0.3, -0.25) is 10.1 Å². The summed E-state index contributed by atoms with van der Waals surface area (Å²) in [7, 11) is 0. The fourth-order valence-electron chi connectivity index (χ4n) is 2.08. The van der Waals surface area contributed by atoms with Crippen LogP contribution in [0.3, 0.4) is 0 Å². The minimum Gasteiger partial charge on any atom is -0.358 e. The fraction of sp³-hybridized carbons (Fsp3) is 0.214. The van der Waals surface area contributed by atoms with Crippen molar-refractivity contribution in [2.45, 2.75) is 18.7 Å². The van der Waals surface area contributed by atoms with Gasteiger partial charge in [0.2, 0.25) is 11.0 Å². The summed E-state index contributed by atoms with van der Waals surface area (Å²) in [6, 6.07) is 8.10. The number of para-hydroxylation sites is 1. The molecule has 0 aliphatic carbocycles. The Hall–Kier alpha value is -1.86. The van der Waals surface area contributed by atoms with Gasteiger partial charge in [-0.25, -0.2) is 0 Å². The number of rotatable bonds is 4. The first kappa shape index (κ1) is 14.1. The molecule has 0 aliphatic heterocycles. The summed E-state index contributed by atoms with van der Waals surface area (Å²) < 4.78 is 0. The average Bonchev–Trinajstić information content (AvgIpc) is 2.99. The minimum atomic E-state index is -0.0687. The van der Waals surface area contributed by atoms with Crippen LogP contribution < -0.4 is 5.32 Å². The number of aryl methyl sites for hydroxylation is 2. The van der Waals surface area contributed by atoms with Gasteiger partial charge >= 0.3 is 0 Å². The highest BCUT2D eigenvalue weighted by Crippen LogP contribution is 2.31. The zero-order valence-electron chi connectivity index (χ0n) is 11.6. The van der Waals surface area contributed by atoms with E-state index in [1.54, 1.807) is 0 Å². The van der Waals surface area contributed by atoms with Crippen LogP contribution in [0.5, 0.6) is 0 Å². The van der Waals surface area contributed by atoms with E-state index in [0.717, 1.165) is 26.5 Å². The monoisotopic (exact) mass is 318 g/mol. The second-order valence-corrected chi connectivity index (χ2v) is 6.76. The first-order chi connectivity index (χ1) is 10.1. The number of hydrogen-bond donors (Lipinski definition) is 2. The van der Waals surface area contributed by atoms with Crippen LogP contribution in [-0.2, 0) is 4.79 Å². The van der Waals surface area contributed by atoms with Crippen LogP contribution in [0.25, 0.3) is 10.9 Å². The van der Waals surface area contributed by atoms with E-state index >= 15 is 0 Å². The molecule has 0 saturated carbocycles. The van der Waals surface area contributed by atoms with Crippen molar-refractivity contribution in [3.63, 3.8) is 0 Å². The summed E-state index contributed by atoms with van der Waals surface area (Å²) in [6.45, 7) is 3.88. The Morgan fingerprint density at radius 3 is 2.90 bits per heavy atom. The molecule has 2 aromatic heterocycles. The molecule has 0 saturated heterocycles. The molecule has 21 heavy (non-hydrogen) atoms. The Morgan fingerprint density at radius 2 is 2.14 bits per heavy atom. The standard InChI is InChI=1S/C14H14N4OS2/c1-8-13(10-5-3-4-6-11(10)15-8)20-7-12(19)16-14-18-17-9(2)21-14/h3-6,15H,7H2,1-2H3,(H,16,18,19). The molecular weight excluding hydrogens is 304 g/mol. The first-order valence-electron chi connectivity index (χ1n) is 6.43. The van der Waals surface area contributed by atoms with Crippen LogP contribution in [0, 0.1) is 13.8 Å². The van der Waals surface area contributed by atoms with Crippen LogP contribution >= 0.6 is 23.1 Å². The zero-order valence-corrected chi connectivity index (χ0v) is 13.3. The van der Waals surface area contributed by atoms with Crippen molar-refractivity contribution >= 4 is 45.0 Å². The maximum Gasteiger partial charge on any atom is 0.236 e. The number of fused-ring (bicyclic) bond motifs is 1. The molecule has 1 aromatic carbocycles. The lowest BCUT2D eigenvalue weighted by Crippen LogP contribution is -2.13. The van der Waals surface area contributed by atoms with Crippen LogP contribution in [0.2, 0.25) is 0 Å². The molecule has 1 amide bonds. The zero-order chi connectivity index (χ0) is 14.8. The topological polar surface area (TPSA) is 70.7 Å². The lowest BCUT2D eigenvalue weighted by molar-refractivity contribution is -0.113. The number of carbonyl (C=O) groups is 1. The molecule has 108 valence electrons. The van der Waals surface area contributed by atoms with Crippen molar-refractivity contribution in [2.75, 3.05) is 11.1 Å². The smallest absolute Gasteiger partial charge is 0.236 e. The first-order valence-corrected chi connectivity index (χ1v) is 8.24. The number of nitrogens with zero attached hydrogens (tertiary/aromatic N) is 2. The van der Waals surface area contributed by atoms with Gasteiger partial charge < -0.3 is 4.98 Å². The van der Waals surface area contributed by atoms with Crippen molar-refractivity contribution in [3.05, 3.63) is 35.0 Å². The molecule has 0 atom stereocenters. The third kappa shape index (κ3) is 3.08. The van der Waals surface area contributed by atoms with Crippen molar-refractivity contribution < 1.29 is 4.79 Å². The third-order valence-corrected chi connectivity index (χ3v) is 4.93. The summed E-state index contributed by atoms with van der Waals surface area (Å²) in [5, 5.41) is 13.1. The predicted octanol–water partition coefficient (Wildman–Crippen LogP) is 3.37. The number of benzene rings is 1. The number of aromatic nitrogens is 3. The number of nitrogens with one attached hydrogen (secondary N) is 2. The van der Waals surface area contributed by atoms with E-state index in [-0.39, 0.29) is 5.91 Å². The highest BCUT2D eigenvalue weighted by Gasteiger charge is 2.12. The molecule has 0 aliphatic rings. The molecule has 3 rings (SSSR count). The number of carbonyl (C=O) groups excluding carboxylic acids is 1. The second kappa shape index (κ2) is 5.87. The summed E-state index contributed by atoms with van der Waals surface area (Å²) >= 11 is 2.91. The lowest BCUT2D eigenvalue weighted by Gasteiger charge is -2.02. The van der Waals surface area contributed by atoms with Crippen LogP contribution in [0.15, 0.2) is 29.2 Å². The van der Waals surface area contributed by atoms with Gasteiger partial charge in [-0.05, 0) is 19.9 Å². The van der Waals surface area contributed by atoms with E-state index in [2.05, 4.69) is 26.6 Å². The number of aromatic amines is 1. The minimum absolute atomic E-state index is 0.0687. The van der Waals surface area contributed by atoms with Crippen LogP contribution in [0.4, 0.5) is 5.13 Å². The van der Waals surface area contributed by atoms with Crippen molar-refractivity contribution in [1.29, 1.82) is 0 Å². The summed E-state index contributed by atoms with van der Waals surface area (Å²) in [4.78, 5) is 16.4. The largest absolute Gasteiger partial charge is 0.358 e. The summed E-state index contributed by atoms with van der Waals surface area (Å²) in [5.41, 5.74) is 2.18. The van der Waals surface area contributed by atoms with Crippen molar-refractivity contribution in [3.8, 4) is 0 Å². The van der Waals surface area contributed by atoms with Crippen molar-refractivity contribution in [1.82, 2.24) is 15.2 Å². The fourth-order valence-corrected chi connectivity index (χ4v) is 3.63. The maximum absolute atomic E-state index is 12.0. The molecule has 0 spiro atoms. The molecule has 2 N–H and O–H groups in total. The average molecular weight is 318 g/mol. The van der Waals surface area contributed by atoms with E-state index in [9.17, 15) is 4.79 Å². The normalized spacial score (nSPS) is 11.0. The van der Waals surface area contributed by atoms with E-state index in [4.69, 9.17) is 0 Å². The molecule has 0 radical (unpaired) electrons.